The van der Waals surface area contributed by atoms with E-state index in [0.717, 1.165) is 31.9 Å². The van der Waals surface area contributed by atoms with Crippen molar-refractivity contribution in [3.05, 3.63) is 59.4 Å². The van der Waals surface area contributed by atoms with Gasteiger partial charge in [-0.25, -0.2) is 4.98 Å². The van der Waals surface area contributed by atoms with Gasteiger partial charge in [-0.3, -0.25) is 4.90 Å². The van der Waals surface area contributed by atoms with Gasteiger partial charge in [0.15, 0.2) is 0 Å². The number of pyridine rings is 1. The van der Waals surface area contributed by atoms with Crippen LogP contribution in [-0.4, -0.2) is 46.6 Å². The van der Waals surface area contributed by atoms with Crippen LogP contribution in [0.25, 0.3) is 10.9 Å². The maximum Gasteiger partial charge on any atom is 0.131 e. The lowest BCUT2D eigenvalue weighted by Gasteiger charge is -2.35. The Morgan fingerprint density at radius 1 is 1.08 bits per heavy atom. The number of rotatable bonds is 4. The van der Waals surface area contributed by atoms with Gasteiger partial charge in [0.05, 0.1) is 0 Å². The topological polar surface area (TPSA) is 35.2 Å². The van der Waals surface area contributed by atoms with E-state index in [1.807, 2.05) is 12.1 Å². The van der Waals surface area contributed by atoms with Gasteiger partial charge in [-0.05, 0) is 36.6 Å². The van der Waals surface area contributed by atoms with E-state index in [4.69, 9.17) is 11.6 Å². The molecule has 4 heterocycles. The first-order chi connectivity index (χ1) is 12.3. The highest BCUT2D eigenvalue weighted by Crippen LogP contribution is 2.34. The molecule has 5 heteroatoms. The second-order valence-electron chi connectivity index (χ2n) is 7.12. The van der Waals surface area contributed by atoms with E-state index in [1.54, 1.807) is 0 Å². The van der Waals surface area contributed by atoms with Gasteiger partial charge < -0.3 is 9.88 Å². The first-order valence-corrected chi connectivity index (χ1v) is 9.34. The summed E-state index contributed by atoms with van der Waals surface area (Å²) in [6.07, 6.45) is 4.51. The van der Waals surface area contributed by atoms with E-state index in [0.29, 0.717) is 17.2 Å². The van der Waals surface area contributed by atoms with Crippen molar-refractivity contribution in [2.45, 2.75) is 24.9 Å². The fourth-order valence-corrected chi connectivity index (χ4v) is 4.62. The van der Waals surface area contributed by atoms with Crippen LogP contribution in [0.1, 0.15) is 12.0 Å². The number of nitrogens with zero attached hydrogens (tertiary/aromatic N) is 3. The minimum absolute atomic E-state index is 0.568. The second kappa shape index (κ2) is 6.04. The van der Waals surface area contributed by atoms with E-state index in [1.165, 1.54) is 22.9 Å². The van der Waals surface area contributed by atoms with E-state index in [9.17, 15) is 0 Å². The van der Waals surface area contributed by atoms with Gasteiger partial charge in [0.25, 0.3) is 0 Å². The third-order valence-electron chi connectivity index (χ3n) is 5.69. The SMILES string of the molecule is Clc1cccc(N2C[C@@H]3C[C@H]2CN3CCc2c[nH]c3ccccc23)n1. The molecule has 0 unspecified atom stereocenters. The molecule has 128 valence electrons. The van der Waals surface area contributed by atoms with E-state index < -0.39 is 0 Å². The summed E-state index contributed by atoms with van der Waals surface area (Å²) in [6, 6.07) is 15.7. The number of para-hydroxylation sites is 1. The Labute approximate surface area is 152 Å². The van der Waals surface area contributed by atoms with Gasteiger partial charge in [-0.15, -0.1) is 0 Å². The van der Waals surface area contributed by atoms with Crippen LogP contribution < -0.4 is 4.90 Å². The lowest BCUT2D eigenvalue weighted by atomic mass is 10.1. The van der Waals surface area contributed by atoms with Crippen LogP contribution in [0.5, 0.6) is 0 Å². The number of nitrogens with one attached hydrogen (secondary N) is 1. The Morgan fingerprint density at radius 2 is 2.00 bits per heavy atom. The average molecular weight is 353 g/mol. The Bertz CT molecular complexity index is 905. The average Bonchev–Trinajstić information content (AvgIpc) is 3.33. The first-order valence-electron chi connectivity index (χ1n) is 8.96. The number of H-pyrrole nitrogens is 1. The minimum Gasteiger partial charge on any atom is -0.361 e. The molecule has 2 fully saturated rings. The van der Waals surface area contributed by atoms with Crippen molar-refractivity contribution in [3.8, 4) is 0 Å². The van der Waals surface area contributed by atoms with Crippen LogP contribution in [0, 0.1) is 0 Å². The predicted molar refractivity (Wildman–Crippen MR) is 102 cm³/mol. The molecule has 5 rings (SSSR count). The summed E-state index contributed by atoms with van der Waals surface area (Å²) >= 11 is 6.06. The fraction of sp³-hybridized carbons (Fsp3) is 0.350. The van der Waals surface area contributed by atoms with Gasteiger partial charge in [-0.2, -0.15) is 0 Å². The number of fused-ring (bicyclic) bond motifs is 3. The van der Waals surface area contributed by atoms with Crippen molar-refractivity contribution in [3.63, 3.8) is 0 Å². The normalized spacial score (nSPS) is 23.0. The standard InChI is InChI=1S/C20H21ClN4/c21-19-6-3-7-20(23-19)25-13-15-10-16(25)12-24(15)9-8-14-11-22-18-5-2-1-4-17(14)18/h1-7,11,15-16,22H,8-10,12-13H2/t15-,16-/m0/s1. The van der Waals surface area contributed by atoms with Gasteiger partial charge >= 0.3 is 0 Å². The van der Waals surface area contributed by atoms with Crippen molar-refractivity contribution < 1.29 is 0 Å². The van der Waals surface area contributed by atoms with E-state index in [-0.39, 0.29) is 0 Å². The third-order valence-corrected chi connectivity index (χ3v) is 5.90. The zero-order chi connectivity index (χ0) is 16.8. The number of aromatic amines is 1. The third kappa shape index (κ3) is 2.70. The number of aromatic nitrogens is 2. The summed E-state index contributed by atoms with van der Waals surface area (Å²) in [4.78, 5) is 12.9. The maximum absolute atomic E-state index is 6.06. The molecule has 0 spiro atoms. The molecule has 1 aromatic carbocycles. The molecule has 2 aromatic heterocycles. The number of likely N-dealkylation sites (tertiary alicyclic amines) is 1. The van der Waals surface area contributed by atoms with Crippen LogP contribution in [0.2, 0.25) is 5.15 Å². The monoisotopic (exact) mass is 352 g/mol. The lowest BCUT2D eigenvalue weighted by molar-refractivity contribution is 0.241. The maximum atomic E-state index is 6.06. The minimum atomic E-state index is 0.568. The predicted octanol–water partition coefficient (Wildman–Crippen LogP) is 3.72. The van der Waals surface area contributed by atoms with Crippen molar-refractivity contribution >= 4 is 28.3 Å². The number of hydrogen-bond donors (Lipinski definition) is 1. The summed E-state index contributed by atoms with van der Waals surface area (Å²) in [5.41, 5.74) is 2.66. The fourth-order valence-electron chi connectivity index (χ4n) is 4.46. The summed E-state index contributed by atoms with van der Waals surface area (Å²) in [5, 5.41) is 1.94. The van der Waals surface area contributed by atoms with E-state index >= 15 is 0 Å². The molecule has 0 amide bonds. The van der Waals surface area contributed by atoms with Crippen molar-refractivity contribution in [1.29, 1.82) is 0 Å². The highest BCUT2D eigenvalue weighted by Gasteiger charge is 2.43. The molecule has 2 aliphatic heterocycles. The van der Waals surface area contributed by atoms with Crippen LogP contribution in [-0.2, 0) is 6.42 Å². The number of benzene rings is 1. The molecule has 0 saturated carbocycles. The number of halogens is 1. The largest absolute Gasteiger partial charge is 0.361 e. The Morgan fingerprint density at radius 3 is 2.84 bits per heavy atom. The Kier molecular flexibility index (Phi) is 3.68. The molecular weight excluding hydrogens is 332 g/mol. The Hall–Kier alpha value is -2.04. The molecular formula is C20H21ClN4. The van der Waals surface area contributed by atoms with Crippen molar-refractivity contribution in [2.24, 2.45) is 0 Å². The molecule has 2 bridgehead atoms. The highest BCUT2D eigenvalue weighted by molar-refractivity contribution is 6.29. The summed E-state index contributed by atoms with van der Waals surface area (Å²) in [5.74, 6) is 1.02. The molecule has 3 aromatic rings. The van der Waals surface area contributed by atoms with E-state index in [2.05, 4.69) is 56.3 Å². The van der Waals surface area contributed by atoms with Crippen molar-refractivity contribution in [2.75, 3.05) is 24.5 Å². The second-order valence-corrected chi connectivity index (χ2v) is 7.51. The summed E-state index contributed by atoms with van der Waals surface area (Å²) in [6.45, 7) is 3.31. The Balaban J connectivity index is 1.25. The first kappa shape index (κ1) is 15.2. The molecule has 2 atom stereocenters. The number of piperazine rings is 1. The van der Waals surface area contributed by atoms with Crippen LogP contribution in [0.15, 0.2) is 48.7 Å². The number of hydrogen-bond acceptors (Lipinski definition) is 3. The smallest absolute Gasteiger partial charge is 0.131 e. The van der Waals surface area contributed by atoms with Crippen molar-refractivity contribution in [1.82, 2.24) is 14.9 Å². The lowest BCUT2D eigenvalue weighted by Crippen LogP contribution is -2.47. The van der Waals surface area contributed by atoms with Gasteiger partial charge in [0.1, 0.15) is 11.0 Å². The zero-order valence-electron chi connectivity index (χ0n) is 14.0. The van der Waals surface area contributed by atoms with Crippen LogP contribution >= 0.6 is 11.6 Å². The quantitative estimate of drug-likeness (QED) is 0.727. The molecule has 25 heavy (non-hydrogen) atoms. The van der Waals surface area contributed by atoms with Crippen LogP contribution in [0.3, 0.4) is 0 Å². The molecule has 2 saturated heterocycles. The van der Waals surface area contributed by atoms with Gasteiger partial charge in [-0.1, -0.05) is 35.9 Å². The summed E-state index contributed by atoms with van der Waals surface area (Å²) < 4.78 is 0. The summed E-state index contributed by atoms with van der Waals surface area (Å²) in [7, 11) is 0. The molecule has 0 radical (unpaired) electrons. The number of anilines is 1. The highest BCUT2D eigenvalue weighted by atomic mass is 35.5. The zero-order valence-corrected chi connectivity index (χ0v) is 14.8. The molecule has 2 aliphatic rings. The molecule has 0 aliphatic carbocycles. The molecule has 4 nitrogen and oxygen atoms in total. The van der Waals surface area contributed by atoms with Gasteiger partial charge in [0.2, 0.25) is 0 Å². The van der Waals surface area contributed by atoms with Crippen LogP contribution in [0.4, 0.5) is 5.82 Å². The molecule has 1 N–H and O–H groups in total. The van der Waals surface area contributed by atoms with Gasteiger partial charge in [0, 0.05) is 48.8 Å².